The third kappa shape index (κ3) is 8.14. The maximum Gasteiger partial charge on any atom is 0.411 e. The van der Waals surface area contributed by atoms with Crippen LogP contribution in [0.5, 0.6) is 0 Å². The van der Waals surface area contributed by atoms with Crippen molar-refractivity contribution in [3.63, 3.8) is 0 Å². The van der Waals surface area contributed by atoms with Gasteiger partial charge in [0.25, 0.3) is 0 Å². The average molecular weight is 516 g/mol. The molecule has 3 fully saturated rings. The van der Waals surface area contributed by atoms with E-state index in [9.17, 15) is 9.59 Å². The van der Waals surface area contributed by atoms with Crippen molar-refractivity contribution in [1.82, 2.24) is 24.5 Å². The number of cyclic esters (lactones) is 1. The van der Waals surface area contributed by atoms with Gasteiger partial charge in [0, 0.05) is 72.4 Å². The van der Waals surface area contributed by atoms with E-state index in [0.717, 1.165) is 97.7 Å². The van der Waals surface area contributed by atoms with Gasteiger partial charge < -0.3 is 24.2 Å². The van der Waals surface area contributed by atoms with E-state index in [-0.39, 0.29) is 24.3 Å². The first-order valence-electron chi connectivity index (χ1n) is 14.0. The minimum Gasteiger partial charge on any atom is -0.469 e. The zero-order chi connectivity index (χ0) is 26.0. The fourth-order valence-corrected chi connectivity index (χ4v) is 5.74. The van der Waals surface area contributed by atoms with Crippen LogP contribution in [-0.4, -0.2) is 128 Å². The summed E-state index contributed by atoms with van der Waals surface area (Å²) in [6.07, 6.45) is 4.14. The van der Waals surface area contributed by atoms with Crippen LogP contribution >= 0.6 is 0 Å². The monoisotopic (exact) mass is 515 g/mol. The Morgan fingerprint density at radius 2 is 1.51 bits per heavy atom. The maximum absolute atomic E-state index is 12.4. The summed E-state index contributed by atoms with van der Waals surface area (Å²) < 4.78 is 10.5. The fraction of sp³-hybridized carbons (Fsp3) is 0.714. The molecule has 0 radical (unpaired) electrons. The molecular weight excluding hydrogens is 470 g/mol. The first kappa shape index (κ1) is 27.8. The van der Waals surface area contributed by atoms with E-state index in [1.54, 1.807) is 4.90 Å². The van der Waals surface area contributed by atoms with Gasteiger partial charge >= 0.3 is 12.1 Å². The number of hydrogen-bond donors (Lipinski definition) is 0. The van der Waals surface area contributed by atoms with Crippen molar-refractivity contribution in [2.24, 2.45) is 0 Å². The van der Waals surface area contributed by atoms with E-state index >= 15 is 0 Å². The lowest BCUT2D eigenvalue weighted by molar-refractivity contribution is -0.140. The average Bonchev–Trinajstić information content (AvgIpc) is 3.21. The Kier molecular flexibility index (Phi) is 10.6. The van der Waals surface area contributed by atoms with Gasteiger partial charge in [-0.1, -0.05) is 30.3 Å². The summed E-state index contributed by atoms with van der Waals surface area (Å²) in [6.45, 7) is 11.2. The van der Waals surface area contributed by atoms with Crippen LogP contribution in [-0.2, 0) is 20.8 Å². The van der Waals surface area contributed by atoms with Gasteiger partial charge in [-0.2, -0.15) is 0 Å². The maximum atomic E-state index is 12.4. The fourth-order valence-electron chi connectivity index (χ4n) is 5.74. The highest BCUT2D eigenvalue weighted by atomic mass is 16.6. The van der Waals surface area contributed by atoms with Crippen molar-refractivity contribution in [3.05, 3.63) is 35.9 Å². The molecule has 37 heavy (non-hydrogen) atoms. The number of hydrogen-bond acceptors (Lipinski definition) is 8. The zero-order valence-electron chi connectivity index (χ0n) is 22.7. The highest BCUT2D eigenvalue weighted by Crippen LogP contribution is 2.26. The molecule has 0 aliphatic carbocycles. The van der Waals surface area contributed by atoms with Crippen LogP contribution in [0.1, 0.15) is 37.7 Å². The number of benzene rings is 1. The summed E-state index contributed by atoms with van der Waals surface area (Å²) in [6, 6.07) is 10.8. The normalized spacial score (nSPS) is 24.4. The second kappa shape index (κ2) is 14.1. The van der Waals surface area contributed by atoms with Crippen LogP contribution < -0.4 is 0 Å². The summed E-state index contributed by atoms with van der Waals surface area (Å²) in [5.41, 5.74) is 1.39. The molecule has 0 bridgehead atoms. The Hall–Kier alpha value is -2.20. The second-order valence-electron chi connectivity index (χ2n) is 10.6. The third-order valence-corrected chi connectivity index (χ3v) is 8.12. The van der Waals surface area contributed by atoms with Gasteiger partial charge in [0.15, 0.2) is 6.23 Å². The number of rotatable bonds is 12. The molecule has 3 aliphatic rings. The minimum atomic E-state index is -0.204. The molecule has 9 heteroatoms. The van der Waals surface area contributed by atoms with Gasteiger partial charge in [0.2, 0.25) is 0 Å². The van der Waals surface area contributed by atoms with E-state index in [4.69, 9.17) is 9.47 Å². The molecule has 206 valence electrons. The van der Waals surface area contributed by atoms with Gasteiger partial charge in [0.05, 0.1) is 13.2 Å². The Morgan fingerprint density at radius 3 is 2.19 bits per heavy atom. The number of methoxy groups -OCH3 is 1. The van der Waals surface area contributed by atoms with Crippen LogP contribution in [0.4, 0.5) is 4.79 Å². The lowest BCUT2D eigenvalue weighted by Crippen LogP contribution is -2.54. The molecule has 1 aromatic rings. The van der Waals surface area contributed by atoms with E-state index in [0.29, 0.717) is 6.42 Å². The van der Waals surface area contributed by atoms with Gasteiger partial charge in [-0.25, -0.2) is 4.79 Å². The number of esters is 1. The van der Waals surface area contributed by atoms with Crippen molar-refractivity contribution in [2.75, 3.05) is 79.6 Å². The molecule has 9 nitrogen and oxygen atoms in total. The first-order chi connectivity index (χ1) is 18.0. The minimum absolute atomic E-state index is 0.112. The number of carbonyl (C=O) groups is 2. The Labute approximate surface area is 222 Å². The molecule has 4 rings (SSSR count). The summed E-state index contributed by atoms with van der Waals surface area (Å²) in [5.74, 6) is -0.146. The molecular formula is C28H45N5O4. The number of ether oxygens (including phenoxy) is 2. The molecule has 0 N–H and O–H groups in total. The zero-order valence-corrected chi connectivity index (χ0v) is 22.7. The SMILES string of the molecule is COC(=O)CCCN1CCN(C2OC(=O)N(C)C2CCCCN2CCN(Cc3ccccc3)CC2)CC1. The highest BCUT2D eigenvalue weighted by molar-refractivity contribution is 5.70. The number of nitrogens with zero attached hydrogens (tertiary/aromatic N) is 5. The van der Waals surface area contributed by atoms with Crippen LogP contribution in [0.2, 0.25) is 0 Å². The standard InChI is InChI=1S/C28H45N5O4/c1-29-25(11-6-7-13-30-15-17-32(18-16-30)23-24-9-4-3-5-10-24)27(37-28(29)35)33-21-19-31(20-22-33)14-8-12-26(34)36-2/h3-5,9-10,25,27H,6-8,11-23H2,1-2H3. The highest BCUT2D eigenvalue weighted by Gasteiger charge is 2.43. The molecule has 0 aromatic heterocycles. The molecule has 0 saturated carbocycles. The van der Waals surface area contributed by atoms with Crippen molar-refractivity contribution in [3.8, 4) is 0 Å². The summed E-state index contributed by atoms with van der Waals surface area (Å²) >= 11 is 0. The summed E-state index contributed by atoms with van der Waals surface area (Å²) in [7, 11) is 3.31. The quantitative estimate of drug-likeness (QED) is 0.310. The Bertz CT molecular complexity index is 840. The van der Waals surface area contributed by atoms with Gasteiger partial charge in [-0.15, -0.1) is 0 Å². The lowest BCUT2D eigenvalue weighted by Gasteiger charge is -2.38. The van der Waals surface area contributed by atoms with E-state index in [1.807, 2.05) is 7.05 Å². The smallest absolute Gasteiger partial charge is 0.411 e. The largest absolute Gasteiger partial charge is 0.469 e. The second-order valence-corrected chi connectivity index (χ2v) is 10.6. The van der Waals surface area contributed by atoms with Gasteiger partial charge in [-0.05, 0) is 44.3 Å². The van der Waals surface area contributed by atoms with Crippen molar-refractivity contribution in [2.45, 2.75) is 50.9 Å². The predicted molar refractivity (Wildman–Crippen MR) is 143 cm³/mol. The van der Waals surface area contributed by atoms with Gasteiger partial charge in [0.1, 0.15) is 0 Å². The Morgan fingerprint density at radius 1 is 0.892 bits per heavy atom. The topological polar surface area (TPSA) is 68.8 Å². The van der Waals surface area contributed by atoms with Crippen LogP contribution in [0.3, 0.4) is 0 Å². The van der Waals surface area contributed by atoms with Crippen molar-refractivity contribution in [1.29, 1.82) is 0 Å². The van der Waals surface area contributed by atoms with E-state index in [2.05, 4.69) is 49.9 Å². The lowest BCUT2D eigenvalue weighted by atomic mass is 10.1. The molecule has 1 aromatic carbocycles. The van der Waals surface area contributed by atoms with Crippen LogP contribution in [0, 0.1) is 0 Å². The van der Waals surface area contributed by atoms with E-state index < -0.39 is 0 Å². The van der Waals surface area contributed by atoms with Crippen molar-refractivity contribution < 1.29 is 19.1 Å². The number of carbonyl (C=O) groups excluding carboxylic acids is 2. The molecule has 3 saturated heterocycles. The summed E-state index contributed by atoms with van der Waals surface area (Å²) in [4.78, 5) is 35.4. The number of amides is 1. The first-order valence-corrected chi connectivity index (χ1v) is 14.0. The van der Waals surface area contributed by atoms with Gasteiger partial charge in [-0.3, -0.25) is 14.6 Å². The Balaban J connectivity index is 1.13. The molecule has 2 atom stereocenters. The van der Waals surface area contributed by atoms with Crippen LogP contribution in [0.25, 0.3) is 0 Å². The molecule has 0 spiro atoms. The van der Waals surface area contributed by atoms with Crippen molar-refractivity contribution >= 4 is 12.1 Å². The predicted octanol–water partition coefficient (Wildman–Crippen LogP) is 2.32. The number of unbranched alkanes of at least 4 members (excludes halogenated alkanes) is 1. The van der Waals surface area contributed by atoms with Crippen LogP contribution in [0.15, 0.2) is 30.3 Å². The number of likely N-dealkylation sites (N-methyl/N-ethyl adjacent to an activating group) is 1. The summed E-state index contributed by atoms with van der Waals surface area (Å²) in [5, 5.41) is 0. The number of piperazine rings is 2. The molecule has 2 unspecified atom stereocenters. The third-order valence-electron chi connectivity index (χ3n) is 8.12. The molecule has 1 amide bonds. The molecule has 3 aliphatic heterocycles. The van der Waals surface area contributed by atoms with E-state index in [1.165, 1.54) is 12.7 Å². The molecule has 3 heterocycles.